The Kier molecular flexibility index (Phi) is 3.54. The molecule has 0 spiro atoms. The number of halogens is 3. The second-order valence-electron chi connectivity index (χ2n) is 4.22. The number of hydrogen-bond donors (Lipinski definition) is 1. The highest BCUT2D eigenvalue weighted by molar-refractivity contribution is 5.93. The van der Waals surface area contributed by atoms with Crippen LogP contribution in [0.25, 0.3) is 5.69 Å². The molecule has 2 rings (SSSR count). The first kappa shape index (κ1) is 14.8. The van der Waals surface area contributed by atoms with E-state index in [-0.39, 0.29) is 0 Å². The Balaban J connectivity index is 2.87. The van der Waals surface area contributed by atoms with Crippen molar-refractivity contribution in [1.29, 1.82) is 0 Å². The van der Waals surface area contributed by atoms with Gasteiger partial charge in [0.25, 0.3) is 5.56 Å². The maximum absolute atomic E-state index is 13.0. The van der Waals surface area contributed by atoms with Gasteiger partial charge in [-0.15, -0.1) is 0 Å². The van der Waals surface area contributed by atoms with Crippen LogP contribution in [0.4, 0.5) is 13.2 Å². The van der Waals surface area contributed by atoms with E-state index in [1.807, 2.05) is 0 Å². The Hall–Kier alpha value is -2.64. The van der Waals surface area contributed by atoms with Crippen molar-refractivity contribution in [1.82, 2.24) is 9.55 Å². The highest BCUT2D eigenvalue weighted by Crippen LogP contribution is 2.32. The molecule has 1 aromatic heterocycles. The number of H-pyrrole nitrogens is 1. The average Bonchev–Trinajstić information content (AvgIpc) is 2.37. The molecule has 0 bridgehead atoms. The van der Waals surface area contributed by atoms with E-state index in [1.54, 1.807) is 0 Å². The van der Waals surface area contributed by atoms with Crippen molar-refractivity contribution in [3.63, 3.8) is 0 Å². The van der Waals surface area contributed by atoms with Crippen LogP contribution in [0.15, 0.2) is 40.1 Å². The maximum atomic E-state index is 13.0. The van der Waals surface area contributed by atoms with Gasteiger partial charge in [-0.2, -0.15) is 13.2 Å². The van der Waals surface area contributed by atoms with Crippen molar-refractivity contribution in [2.24, 2.45) is 0 Å². The van der Waals surface area contributed by atoms with E-state index in [0.717, 1.165) is 31.3 Å². The third kappa shape index (κ3) is 2.64. The van der Waals surface area contributed by atoms with Crippen LogP contribution in [0.3, 0.4) is 0 Å². The summed E-state index contributed by atoms with van der Waals surface area (Å²) in [6, 6.07) is 4.14. The minimum Gasteiger partial charge on any atom is -0.313 e. The van der Waals surface area contributed by atoms with Gasteiger partial charge in [-0.1, -0.05) is 12.1 Å². The summed E-state index contributed by atoms with van der Waals surface area (Å²) < 4.78 is 39.2. The highest BCUT2D eigenvalue weighted by Gasteiger charge is 2.34. The minimum atomic E-state index is -4.74. The van der Waals surface area contributed by atoms with E-state index in [4.69, 9.17) is 0 Å². The number of alkyl halides is 3. The third-order valence-electron chi connectivity index (χ3n) is 2.81. The quantitative estimate of drug-likeness (QED) is 0.858. The number of hydrogen-bond acceptors (Lipinski definition) is 3. The predicted molar refractivity (Wildman–Crippen MR) is 67.7 cm³/mol. The predicted octanol–water partition coefficient (Wildman–Crippen LogP) is 1.75. The van der Waals surface area contributed by atoms with E-state index in [2.05, 4.69) is 4.98 Å². The fourth-order valence-electron chi connectivity index (χ4n) is 1.85. The lowest BCUT2D eigenvalue weighted by Gasteiger charge is -2.13. The number of aromatic nitrogens is 2. The topological polar surface area (TPSA) is 71.9 Å². The number of benzene rings is 1. The maximum Gasteiger partial charge on any atom is 0.418 e. The van der Waals surface area contributed by atoms with Gasteiger partial charge in [-0.05, 0) is 19.1 Å². The van der Waals surface area contributed by atoms with Crippen LogP contribution in [0.2, 0.25) is 0 Å². The molecular weight excluding hydrogens is 289 g/mol. The summed E-state index contributed by atoms with van der Waals surface area (Å²) >= 11 is 0. The summed E-state index contributed by atoms with van der Waals surface area (Å²) in [5.41, 5.74) is -4.31. The van der Waals surface area contributed by atoms with Gasteiger partial charge in [-0.25, -0.2) is 9.36 Å². The summed E-state index contributed by atoms with van der Waals surface area (Å²) in [7, 11) is 0. The van der Waals surface area contributed by atoms with Crippen LogP contribution >= 0.6 is 0 Å². The molecular formula is C13H9F3N2O3. The molecule has 0 aliphatic rings. The van der Waals surface area contributed by atoms with Crippen LogP contribution in [0.5, 0.6) is 0 Å². The van der Waals surface area contributed by atoms with E-state index in [9.17, 15) is 27.6 Å². The molecule has 110 valence electrons. The molecule has 0 saturated carbocycles. The Labute approximate surface area is 115 Å². The summed E-state index contributed by atoms with van der Waals surface area (Å²) in [4.78, 5) is 37.2. The zero-order valence-electron chi connectivity index (χ0n) is 10.7. The highest BCUT2D eigenvalue weighted by atomic mass is 19.4. The molecule has 1 N–H and O–H groups in total. The molecule has 0 saturated heterocycles. The van der Waals surface area contributed by atoms with Crippen molar-refractivity contribution >= 4 is 5.78 Å². The Morgan fingerprint density at radius 2 is 1.81 bits per heavy atom. The number of rotatable bonds is 2. The number of nitrogens with one attached hydrogen (secondary N) is 1. The van der Waals surface area contributed by atoms with Gasteiger partial charge < -0.3 is 4.98 Å². The van der Waals surface area contributed by atoms with E-state index in [1.165, 1.54) is 6.07 Å². The van der Waals surface area contributed by atoms with Crippen molar-refractivity contribution < 1.29 is 18.0 Å². The van der Waals surface area contributed by atoms with Crippen molar-refractivity contribution in [3.8, 4) is 5.69 Å². The standard InChI is InChI=1S/C13H9F3N2O3/c1-7(19)8-6-17-12(21)18(11(8)20)10-5-3-2-4-9(10)13(14,15)16/h2-6H,1H3,(H,17,21). The SMILES string of the molecule is CC(=O)c1c[nH]c(=O)n(-c2ccccc2C(F)(F)F)c1=O. The van der Waals surface area contributed by atoms with Gasteiger partial charge in [-0.3, -0.25) is 9.59 Å². The molecule has 0 amide bonds. The molecule has 0 atom stereocenters. The molecule has 21 heavy (non-hydrogen) atoms. The molecule has 1 aromatic carbocycles. The molecule has 0 fully saturated rings. The first-order chi connectivity index (χ1) is 9.73. The number of para-hydroxylation sites is 1. The zero-order chi connectivity index (χ0) is 15.8. The van der Waals surface area contributed by atoms with Gasteiger partial charge in [0.1, 0.15) is 0 Å². The van der Waals surface area contributed by atoms with Crippen LogP contribution in [-0.4, -0.2) is 15.3 Å². The van der Waals surface area contributed by atoms with Crippen LogP contribution in [0.1, 0.15) is 22.8 Å². The number of carbonyl (C=O) groups is 1. The average molecular weight is 298 g/mol. The van der Waals surface area contributed by atoms with Gasteiger partial charge in [0.05, 0.1) is 16.8 Å². The van der Waals surface area contributed by atoms with E-state index >= 15 is 0 Å². The zero-order valence-corrected chi connectivity index (χ0v) is 10.7. The van der Waals surface area contributed by atoms with Crippen LogP contribution < -0.4 is 11.2 Å². The van der Waals surface area contributed by atoms with Gasteiger partial charge in [0, 0.05) is 6.20 Å². The number of ketones is 1. The summed E-state index contributed by atoms with van der Waals surface area (Å²) in [5.74, 6) is -0.658. The molecule has 2 aromatic rings. The molecule has 0 aliphatic carbocycles. The molecule has 5 nitrogen and oxygen atoms in total. The summed E-state index contributed by atoms with van der Waals surface area (Å²) in [5, 5.41) is 0. The number of carbonyl (C=O) groups excluding carboxylic acids is 1. The first-order valence-electron chi connectivity index (χ1n) is 5.75. The molecule has 0 radical (unpaired) electrons. The van der Waals surface area contributed by atoms with E-state index in [0.29, 0.717) is 4.57 Å². The largest absolute Gasteiger partial charge is 0.418 e. The molecule has 1 heterocycles. The second kappa shape index (κ2) is 5.04. The normalized spacial score (nSPS) is 11.4. The Morgan fingerprint density at radius 1 is 1.19 bits per heavy atom. The fraction of sp³-hybridized carbons (Fsp3) is 0.154. The molecule has 0 aliphatic heterocycles. The summed E-state index contributed by atoms with van der Waals surface area (Å²) in [6.45, 7) is 1.08. The third-order valence-corrected chi connectivity index (χ3v) is 2.81. The van der Waals surface area contributed by atoms with Gasteiger partial charge in [0.2, 0.25) is 0 Å². The number of Topliss-reactive ketones (excluding diaryl/α,β-unsaturated/α-hetero) is 1. The van der Waals surface area contributed by atoms with Gasteiger partial charge in [0.15, 0.2) is 5.78 Å². The fourth-order valence-corrected chi connectivity index (χ4v) is 1.85. The summed E-state index contributed by atoms with van der Waals surface area (Å²) in [6.07, 6.45) is -3.85. The van der Waals surface area contributed by atoms with Crippen LogP contribution in [0, 0.1) is 0 Å². The van der Waals surface area contributed by atoms with Crippen molar-refractivity contribution in [2.75, 3.05) is 0 Å². The molecule has 0 unspecified atom stereocenters. The minimum absolute atomic E-state index is 0.305. The lowest BCUT2D eigenvalue weighted by Crippen LogP contribution is -2.37. The smallest absolute Gasteiger partial charge is 0.313 e. The number of aromatic amines is 1. The monoisotopic (exact) mass is 298 g/mol. The lowest BCUT2D eigenvalue weighted by atomic mass is 10.1. The Bertz CT molecular complexity index is 818. The van der Waals surface area contributed by atoms with Crippen molar-refractivity contribution in [3.05, 3.63) is 62.4 Å². The van der Waals surface area contributed by atoms with Gasteiger partial charge >= 0.3 is 11.9 Å². The first-order valence-corrected chi connectivity index (χ1v) is 5.75. The number of nitrogens with zero attached hydrogens (tertiary/aromatic N) is 1. The van der Waals surface area contributed by atoms with Crippen LogP contribution in [-0.2, 0) is 6.18 Å². The van der Waals surface area contributed by atoms with E-state index < -0.39 is 40.0 Å². The Morgan fingerprint density at radius 3 is 2.38 bits per heavy atom. The van der Waals surface area contributed by atoms with Crippen molar-refractivity contribution in [2.45, 2.75) is 13.1 Å². The molecule has 8 heteroatoms. The lowest BCUT2D eigenvalue weighted by molar-refractivity contribution is -0.137. The second-order valence-corrected chi connectivity index (χ2v) is 4.22.